The summed E-state index contributed by atoms with van der Waals surface area (Å²) in [6, 6.07) is 54.1. The predicted molar refractivity (Wildman–Crippen MR) is 178 cm³/mol. The SMILES string of the molecule is c1ccc(-c2c(C3=NC(c4ccc5ccccc5c4)CC(c4ccc5ccccc5c4)=N3)ccc3ccccc23)cc1. The van der Waals surface area contributed by atoms with Gasteiger partial charge in [-0.2, -0.15) is 0 Å². The Hall–Kier alpha value is -5.34. The fourth-order valence-electron chi connectivity index (χ4n) is 6.24. The number of hydrogen-bond acceptors (Lipinski definition) is 2. The average Bonchev–Trinajstić information content (AvgIpc) is 3.07. The van der Waals surface area contributed by atoms with E-state index in [1.807, 2.05) is 0 Å². The molecule has 1 heterocycles. The van der Waals surface area contributed by atoms with Gasteiger partial charge in [0, 0.05) is 17.5 Å². The highest BCUT2D eigenvalue weighted by atomic mass is 15.0. The average molecular weight is 537 g/mol. The van der Waals surface area contributed by atoms with E-state index in [1.54, 1.807) is 0 Å². The third-order valence-electron chi connectivity index (χ3n) is 8.38. The minimum atomic E-state index is -0.0429. The summed E-state index contributed by atoms with van der Waals surface area (Å²) in [6.45, 7) is 0. The van der Waals surface area contributed by atoms with Gasteiger partial charge < -0.3 is 0 Å². The van der Waals surface area contributed by atoms with E-state index in [0.717, 1.165) is 29.1 Å². The highest BCUT2D eigenvalue weighted by Gasteiger charge is 2.24. The second-order valence-corrected chi connectivity index (χ2v) is 11.0. The van der Waals surface area contributed by atoms with Crippen molar-refractivity contribution in [1.82, 2.24) is 0 Å². The molecule has 1 aliphatic heterocycles. The van der Waals surface area contributed by atoms with Crippen LogP contribution in [0.4, 0.5) is 0 Å². The van der Waals surface area contributed by atoms with Crippen LogP contribution in [0.3, 0.4) is 0 Å². The molecule has 0 radical (unpaired) electrons. The van der Waals surface area contributed by atoms with Crippen LogP contribution in [-0.2, 0) is 0 Å². The molecule has 2 heteroatoms. The van der Waals surface area contributed by atoms with Crippen molar-refractivity contribution in [3.05, 3.63) is 168 Å². The topological polar surface area (TPSA) is 24.7 Å². The van der Waals surface area contributed by atoms with Crippen molar-refractivity contribution >= 4 is 43.9 Å². The van der Waals surface area contributed by atoms with Crippen molar-refractivity contribution in [2.45, 2.75) is 12.5 Å². The third kappa shape index (κ3) is 4.38. The summed E-state index contributed by atoms with van der Waals surface area (Å²) < 4.78 is 0. The predicted octanol–water partition coefficient (Wildman–Crippen LogP) is 10.2. The van der Waals surface area contributed by atoms with Crippen LogP contribution in [0.15, 0.2) is 162 Å². The van der Waals surface area contributed by atoms with E-state index in [2.05, 4.69) is 152 Å². The monoisotopic (exact) mass is 536 g/mol. The van der Waals surface area contributed by atoms with Gasteiger partial charge in [0.1, 0.15) is 0 Å². The van der Waals surface area contributed by atoms with Crippen LogP contribution in [0.1, 0.15) is 29.2 Å². The zero-order valence-corrected chi connectivity index (χ0v) is 23.1. The Labute approximate surface area is 245 Å². The van der Waals surface area contributed by atoms with Gasteiger partial charge in [-0.15, -0.1) is 0 Å². The molecule has 42 heavy (non-hydrogen) atoms. The number of benzene rings is 7. The highest BCUT2D eigenvalue weighted by Crippen LogP contribution is 2.37. The first-order valence-corrected chi connectivity index (χ1v) is 14.5. The maximum atomic E-state index is 5.39. The van der Waals surface area contributed by atoms with Gasteiger partial charge in [-0.25, -0.2) is 4.99 Å². The Morgan fingerprint density at radius 3 is 1.88 bits per heavy atom. The van der Waals surface area contributed by atoms with Crippen LogP contribution in [0.2, 0.25) is 0 Å². The lowest BCUT2D eigenvalue weighted by molar-refractivity contribution is 0.755. The van der Waals surface area contributed by atoms with Crippen molar-refractivity contribution in [3.63, 3.8) is 0 Å². The van der Waals surface area contributed by atoms with Crippen molar-refractivity contribution in [3.8, 4) is 11.1 Å². The van der Waals surface area contributed by atoms with Gasteiger partial charge >= 0.3 is 0 Å². The summed E-state index contributed by atoms with van der Waals surface area (Å²) in [5.41, 5.74) is 6.82. The number of fused-ring (bicyclic) bond motifs is 3. The lowest BCUT2D eigenvalue weighted by Gasteiger charge is -2.23. The molecule has 1 unspecified atom stereocenters. The Kier molecular flexibility index (Phi) is 5.97. The summed E-state index contributed by atoms with van der Waals surface area (Å²) in [5, 5.41) is 7.35. The van der Waals surface area contributed by atoms with E-state index < -0.39 is 0 Å². The molecule has 1 atom stereocenters. The Balaban J connectivity index is 1.35. The summed E-state index contributed by atoms with van der Waals surface area (Å²) in [7, 11) is 0. The Morgan fingerprint density at radius 1 is 0.476 bits per heavy atom. The number of aliphatic imine (C=N–C) groups is 2. The fraction of sp³-hybridized carbons (Fsp3) is 0.0500. The molecule has 0 saturated heterocycles. The van der Waals surface area contributed by atoms with Gasteiger partial charge in [0.05, 0.1) is 11.8 Å². The smallest absolute Gasteiger partial charge is 0.156 e. The van der Waals surface area contributed by atoms with Gasteiger partial charge in [0.2, 0.25) is 0 Å². The first kappa shape index (κ1) is 24.5. The number of hydrogen-bond donors (Lipinski definition) is 0. The van der Waals surface area contributed by atoms with Crippen LogP contribution in [0.25, 0.3) is 43.4 Å². The molecule has 0 aliphatic carbocycles. The molecule has 0 spiro atoms. The molecule has 7 aromatic carbocycles. The number of nitrogens with zero attached hydrogens (tertiary/aromatic N) is 2. The molecule has 0 N–H and O–H groups in total. The van der Waals surface area contributed by atoms with Crippen LogP contribution >= 0.6 is 0 Å². The van der Waals surface area contributed by atoms with Crippen molar-refractivity contribution in [2.75, 3.05) is 0 Å². The minimum absolute atomic E-state index is 0.0429. The summed E-state index contributed by atoms with van der Waals surface area (Å²) in [4.78, 5) is 10.7. The van der Waals surface area contributed by atoms with Gasteiger partial charge in [0.25, 0.3) is 0 Å². The number of amidine groups is 1. The molecule has 2 nitrogen and oxygen atoms in total. The summed E-state index contributed by atoms with van der Waals surface area (Å²) >= 11 is 0. The van der Waals surface area contributed by atoms with Crippen molar-refractivity contribution < 1.29 is 0 Å². The maximum absolute atomic E-state index is 5.39. The van der Waals surface area contributed by atoms with E-state index in [0.29, 0.717) is 0 Å². The largest absolute Gasteiger partial charge is 0.258 e. The molecule has 7 aromatic rings. The van der Waals surface area contributed by atoms with Gasteiger partial charge in [-0.1, -0.05) is 133 Å². The highest BCUT2D eigenvalue weighted by molar-refractivity contribution is 6.19. The second-order valence-electron chi connectivity index (χ2n) is 11.0. The van der Waals surface area contributed by atoms with Gasteiger partial charge in [-0.3, -0.25) is 4.99 Å². The molecule has 1 aliphatic rings. The first-order valence-electron chi connectivity index (χ1n) is 14.5. The van der Waals surface area contributed by atoms with Gasteiger partial charge in [-0.05, 0) is 67.2 Å². The van der Waals surface area contributed by atoms with E-state index in [9.17, 15) is 0 Å². The Morgan fingerprint density at radius 2 is 1.10 bits per heavy atom. The number of rotatable bonds is 4. The van der Waals surface area contributed by atoms with E-state index in [4.69, 9.17) is 9.98 Å². The molecular weight excluding hydrogens is 508 g/mol. The lowest BCUT2D eigenvalue weighted by atomic mass is 9.90. The molecular formula is C40H28N2. The molecule has 8 rings (SSSR count). The summed E-state index contributed by atoms with van der Waals surface area (Å²) in [5.74, 6) is 0.784. The standard InChI is InChI=1S/C40H28N2/c1-2-13-30(14-3-1)39-35-17-9-8-12-29(35)22-23-36(39)40-41-37(33-20-18-27-10-4-6-15-31(27)24-33)26-38(42-40)34-21-19-28-11-5-7-16-32(28)25-34/h1-25,37H,26H2. The molecule has 0 fully saturated rings. The molecule has 0 saturated carbocycles. The summed E-state index contributed by atoms with van der Waals surface area (Å²) in [6.07, 6.45) is 0.744. The third-order valence-corrected chi connectivity index (χ3v) is 8.38. The van der Waals surface area contributed by atoms with Crippen LogP contribution < -0.4 is 0 Å². The lowest BCUT2D eigenvalue weighted by Crippen LogP contribution is -2.18. The molecule has 198 valence electrons. The normalized spacial score (nSPS) is 15.1. The van der Waals surface area contributed by atoms with Crippen LogP contribution in [0, 0.1) is 0 Å². The zero-order chi connectivity index (χ0) is 27.9. The van der Waals surface area contributed by atoms with E-state index in [-0.39, 0.29) is 6.04 Å². The quantitative estimate of drug-likeness (QED) is 0.214. The van der Waals surface area contributed by atoms with Gasteiger partial charge in [0.15, 0.2) is 5.84 Å². The van der Waals surface area contributed by atoms with Crippen molar-refractivity contribution in [2.24, 2.45) is 9.98 Å². The fourth-order valence-corrected chi connectivity index (χ4v) is 6.24. The second kappa shape index (κ2) is 10.2. The molecule has 0 bridgehead atoms. The van der Waals surface area contributed by atoms with Crippen LogP contribution in [-0.4, -0.2) is 11.5 Å². The molecule has 0 amide bonds. The molecule has 0 aromatic heterocycles. The Bertz CT molecular complexity index is 2170. The first-order chi connectivity index (χ1) is 20.8. The van der Waals surface area contributed by atoms with Crippen molar-refractivity contribution in [1.29, 1.82) is 0 Å². The maximum Gasteiger partial charge on any atom is 0.156 e. The zero-order valence-electron chi connectivity index (χ0n) is 23.1. The minimum Gasteiger partial charge on any atom is -0.258 e. The van der Waals surface area contributed by atoms with Crippen LogP contribution in [0.5, 0.6) is 0 Å². The van der Waals surface area contributed by atoms with E-state index >= 15 is 0 Å². The van der Waals surface area contributed by atoms with E-state index in [1.165, 1.54) is 49.0 Å².